The van der Waals surface area contributed by atoms with E-state index in [0.29, 0.717) is 0 Å². The minimum absolute atomic E-state index is 0.740. The van der Waals surface area contributed by atoms with Crippen LogP contribution in [0.1, 0.15) is 5.56 Å². The summed E-state index contributed by atoms with van der Waals surface area (Å²) in [4.78, 5) is 19.9. The second-order valence-electron chi connectivity index (χ2n) is 5.70. The Bertz CT molecular complexity index is 745. The Kier molecular flexibility index (Phi) is 3.44. The summed E-state index contributed by atoms with van der Waals surface area (Å²) in [6.07, 6.45) is 3.28. The second-order valence-corrected chi connectivity index (χ2v) is 5.70. The zero-order chi connectivity index (χ0) is 14.8. The first kappa shape index (κ1) is 13.2. The van der Waals surface area contributed by atoms with Gasteiger partial charge in [-0.15, -0.1) is 0 Å². The van der Waals surface area contributed by atoms with E-state index in [1.165, 1.54) is 5.56 Å². The van der Waals surface area contributed by atoms with E-state index in [9.17, 15) is 0 Å². The lowest BCUT2D eigenvalue weighted by atomic mass is 10.2. The summed E-state index contributed by atoms with van der Waals surface area (Å²) in [5, 5.41) is 0. The second kappa shape index (κ2) is 5.73. The molecule has 0 atom stereocenters. The highest BCUT2D eigenvalue weighted by Gasteiger charge is 2.23. The number of H-pyrrole nitrogens is 1. The molecule has 6 nitrogen and oxygen atoms in total. The molecule has 0 aliphatic carbocycles. The Morgan fingerprint density at radius 2 is 1.86 bits per heavy atom. The predicted octanol–water partition coefficient (Wildman–Crippen LogP) is 0.258. The topological polar surface area (TPSA) is 62.1 Å². The first-order valence-corrected chi connectivity index (χ1v) is 7.67. The van der Waals surface area contributed by atoms with E-state index in [2.05, 4.69) is 55.2 Å². The standard InChI is InChI=1S/C16H18N6/c1-2-4-13(5-3-1)10-21-6-8-22(9-7-21)16-14-15(18-11-17-14)19-12-20-16/h1-5,11-12H,6-10H2,(H,17,18,19,20)/p+1. The molecule has 0 unspecified atom stereocenters. The van der Waals surface area contributed by atoms with Crippen LogP contribution in [0.4, 0.5) is 5.82 Å². The number of nitrogens with one attached hydrogen (secondary N) is 2. The molecule has 22 heavy (non-hydrogen) atoms. The minimum Gasteiger partial charge on any atom is -0.343 e. The van der Waals surface area contributed by atoms with Crippen molar-refractivity contribution in [2.24, 2.45) is 0 Å². The Morgan fingerprint density at radius 1 is 1.05 bits per heavy atom. The summed E-state index contributed by atoms with van der Waals surface area (Å²) in [6.45, 7) is 5.35. The van der Waals surface area contributed by atoms with Crippen LogP contribution in [0.5, 0.6) is 0 Å². The highest BCUT2D eigenvalue weighted by atomic mass is 15.3. The molecular weight excluding hydrogens is 276 g/mol. The molecule has 1 saturated heterocycles. The lowest BCUT2D eigenvalue weighted by Gasteiger charge is -2.33. The maximum absolute atomic E-state index is 4.45. The van der Waals surface area contributed by atoms with Gasteiger partial charge in [0.1, 0.15) is 18.4 Å². The molecule has 112 valence electrons. The molecular formula is C16H19N6+. The van der Waals surface area contributed by atoms with Crippen molar-refractivity contribution in [3.05, 3.63) is 48.5 Å². The molecule has 2 aromatic heterocycles. The van der Waals surface area contributed by atoms with Gasteiger partial charge >= 0.3 is 0 Å². The van der Waals surface area contributed by atoms with Crippen LogP contribution >= 0.6 is 0 Å². The molecule has 0 amide bonds. The van der Waals surface area contributed by atoms with Crippen LogP contribution in [-0.2, 0) is 6.54 Å². The Morgan fingerprint density at radius 3 is 2.68 bits per heavy atom. The van der Waals surface area contributed by atoms with Crippen LogP contribution in [0.15, 0.2) is 43.0 Å². The average molecular weight is 295 g/mol. The molecule has 0 bridgehead atoms. The van der Waals surface area contributed by atoms with E-state index in [-0.39, 0.29) is 0 Å². The molecule has 0 radical (unpaired) electrons. The SMILES string of the molecule is c1ccc(C[NH+]2CCN(c3ncnc4nc[nH]c34)CC2)cc1. The van der Waals surface area contributed by atoms with Crippen molar-refractivity contribution < 1.29 is 4.90 Å². The summed E-state index contributed by atoms with van der Waals surface area (Å²) < 4.78 is 0. The predicted molar refractivity (Wildman–Crippen MR) is 84.7 cm³/mol. The largest absolute Gasteiger partial charge is 0.343 e. The molecule has 0 saturated carbocycles. The molecule has 3 heterocycles. The fourth-order valence-electron chi connectivity index (χ4n) is 3.09. The molecule has 4 rings (SSSR count). The fraction of sp³-hybridized carbons (Fsp3) is 0.312. The van der Waals surface area contributed by atoms with E-state index in [0.717, 1.165) is 49.7 Å². The minimum atomic E-state index is 0.740. The quantitative estimate of drug-likeness (QED) is 0.727. The molecule has 1 aliphatic rings. The molecule has 0 spiro atoms. The molecule has 2 N–H and O–H groups in total. The van der Waals surface area contributed by atoms with Gasteiger partial charge in [-0.1, -0.05) is 30.3 Å². The average Bonchev–Trinajstić information content (AvgIpc) is 3.05. The number of nitrogens with zero attached hydrogens (tertiary/aromatic N) is 4. The van der Waals surface area contributed by atoms with Gasteiger partial charge in [-0.2, -0.15) is 0 Å². The smallest absolute Gasteiger partial charge is 0.182 e. The highest BCUT2D eigenvalue weighted by Crippen LogP contribution is 2.19. The van der Waals surface area contributed by atoms with Gasteiger partial charge in [-0.05, 0) is 0 Å². The summed E-state index contributed by atoms with van der Waals surface area (Å²) in [6, 6.07) is 10.7. The summed E-state index contributed by atoms with van der Waals surface area (Å²) in [5.41, 5.74) is 3.09. The van der Waals surface area contributed by atoms with Crippen molar-refractivity contribution >= 4 is 17.0 Å². The Balaban J connectivity index is 1.45. The summed E-state index contributed by atoms with van der Waals surface area (Å²) >= 11 is 0. The van der Waals surface area contributed by atoms with Gasteiger partial charge in [0.05, 0.1) is 32.5 Å². The van der Waals surface area contributed by atoms with Crippen molar-refractivity contribution in [1.29, 1.82) is 0 Å². The number of aromatic amines is 1. The third kappa shape index (κ3) is 2.53. The number of quaternary nitrogens is 1. The maximum Gasteiger partial charge on any atom is 0.182 e. The van der Waals surface area contributed by atoms with Crippen molar-refractivity contribution in [2.75, 3.05) is 31.1 Å². The van der Waals surface area contributed by atoms with Crippen LogP contribution in [0.3, 0.4) is 0 Å². The molecule has 6 heteroatoms. The molecule has 1 aliphatic heterocycles. The number of anilines is 1. The number of hydrogen-bond acceptors (Lipinski definition) is 4. The first-order valence-electron chi connectivity index (χ1n) is 7.67. The number of benzene rings is 1. The molecule has 1 aromatic carbocycles. The number of hydrogen-bond donors (Lipinski definition) is 2. The van der Waals surface area contributed by atoms with E-state index >= 15 is 0 Å². The third-order valence-corrected chi connectivity index (χ3v) is 4.27. The van der Waals surface area contributed by atoms with Crippen LogP contribution < -0.4 is 9.80 Å². The number of rotatable bonds is 3. The van der Waals surface area contributed by atoms with Gasteiger partial charge in [-0.25, -0.2) is 15.0 Å². The Hall–Kier alpha value is -2.47. The fourth-order valence-corrected chi connectivity index (χ4v) is 3.09. The van der Waals surface area contributed by atoms with Crippen LogP contribution in [0.2, 0.25) is 0 Å². The number of piperazine rings is 1. The lowest BCUT2D eigenvalue weighted by Crippen LogP contribution is -3.13. The van der Waals surface area contributed by atoms with Crippen LogP contribution in [0.25, 0.3) is 11.2 Å². The van der Waals surface area contributed by atoms with Gasteiger partial charge in [-0.3, -0.25) is 0 Å². The van der Waals surface area contributed by atoms with Gasteiger partial charge in [0, 0.05) is 5.56 Å². The van der Waals surface area contributed by atoms with E-state index in [1.807, 2.05) is 0 Å². The van der Waals surface area contributed by atoms with Gasteiger partial charge in [0.15, 0.2) is 11.5 Å². The molecule has 3 aromatic rings. The third-order valence-electron chi connectivity index (χ3n) is 4.27. The van der Waals surface area contributed by atoms with Crippen molar-refractivity contribution in [3.8, 4) is 0 Å². The Labute approximate surface area is 128 Å². The van der Waals surface area contributed by atoms with Crippen LogP contribution in [-0.4, -0.2) is 46.1 Å². The van der Waals surface area contributed by atoms with Gasteiger partial charge in [0.2, 0.25) is 0 Å². The van der Waals surface area contributed by atoms with Gasteiger partial charge in [0.25, 0.3) is 0 Å². The highest BCUT2D eigenvalue weighted by molar-refractivity contribution is 5.82. The van der Waals surface area contributed by atoms with Gasteiger partial charge < -0.3 is 14.8 Å². The number of aromatic nitrogens is 4. The van der Waals surface area contributed by atoms with E-state index < -0.39 is 0 Å². The summed E-state index contributed by atoms with van der Waals surface area (Å²) in [5.74, 6) is 0.973. The van der Waals surface area contributed by atoms with Crippen molar-refractivity contribution in [2.45, 2.75) is 6.54 Å². The zero-order valence-electron chi connectivity index (χ0n) is 12.4. The summed E-state index contributed by atoms with van der Waals surface area (Å²) in [7, 11) is 0. The monoisotopic (exact) mass is 295 g/mol. The van der Waals surface area contributed by atoms with Crippen LogP contribution in [0, 0.1) is 0 Å². The zero-order valence-corrected chi connectivity index (χ0v) is 12.4. The first-order chi connectivity index (χ1) is 10.9. The maximum atomic E-state index is 4.45. The number of fused-ring (bicyclic) bond motifs is 1. The van der Waals surface area contributed by atoms with Crippen molar-refractivity contribution in [3.63, 3.8) is 0 Å². The lowest BCUT2D eigenvalue weighted by molar-refractivity contribution is -0.914. The van der Waals surface area contributed by atoms with E-state index in [4.69, 9.17) is 0 Å². The van der Waals surface area contributed by atoms with Crippen molar-refractivity contribution in [1.82, 2.24) is 19.9 Å². The van der Waals surface area contributed by atoms with E-state index in [1.54, 1.807) is 17.6 Å². The normalized spacial score (nSPS) is 16.3. The number of imidazole rings is 1. The molecule has 1 fully saturated rings.